The van der Waals surface area contributed by atoms with Crippen LogP contribution in [0.3, 0.4) is 0 Å². The average molecular weight is 246 g/mol. The molecule has 1 saturated heterocycles. The van der Waals surface area contributed by atoms with Crippen LogP contribution in [0.5, 0.6) is 5.75 Å². The fourth-order valence-electron chi connectivity index (χ4n) is 1.68. The second-order valence-electron chi connectivity index (χ2n) is 3.68. The molecule has 1 fully saturated rings. The standard InChI is InChI=1S/C11H13Cl2NO/c12-8-3-4-10(13)11(6-8)15-7-9-2-1-5-14-9/h3-4,6,9,14H,1-2,5,7H2/t9-/m0/s1. The predicted molar refractivity (Wildman–Crippen MR) is 63.0 cm³/mol. The van der Waals surface area contributed by atoms with Crippen LogP contribution in [0.15, 0.2) is 18.2 Å². The largest absolute Gasteiger partial charge is 0.490 e. The Bertz CT molecular complexity index is 337. The highest BCUT2D eigenvalue weighted by atomic mass is 35.5. The lowest BCUT2D eigenvalue weighted by Crippen LogP contribution is -2.28. The lowest BCUT2D eigenvalue weighted by atomic mass is 10.2. The van der Waals surface area contributed by atoms with E-state index in [9.17, 15) is 0 Å². The van der Waals surface area contributed by atoms with Crippen LogP contribution in [-0.2, 0) is 0 Å². The Hall–Kier alpha value is -0.440. The highest BCUT2D eigenvalue weighted by Gasteiger charge is 2.15. The second-order valence-corrected chi connectivity index (χ2v) is 4.52. The molecule has 15 heavy (non-hydrogen) atoms. The number of halogens is 2. The fraction of sp³-hybridized carbons (Fsp3) is 0.455. The first-order chi connectivity index (χ1) is 7.25. The van der Waals surface area contributed by atoms with Gasteiger partial charge in [-0.05, 0) is 31.5 Å². The number of ether oxygens (including phenoxy) is 1. The van der Waals surface area contributed by atoms with Gasteiger partial charge < -0.3 is 10.1 Å². The molecule has 1 atom stereocenters. The van der Waals surface area contributed by atoms with Crippen molar-refractivity contribution < 1.29 is 4.74 Å². The maximum atomic E-state index is 5.98. The lowest BCUT2D eigenvalue weighted by molar-refractivity contribution is 0.277. The maximum absolute atomic E-state index is 5.98. The molecule has 1 heterocycles. The van der Waals surface area contributed by atoms with Crippen molar-refractivity contribution in [1.29, 1.82) is 0 Å². The van der Waals surface area contributed by atoms with E-state index in [-0.39, 0.29) is 0 Å². The van der Waals surface area contributed by atoms with Crippen LogP contribution in [-0.4, -0.2) is 19.2 Å². The van der Waals surface area contributed by atoms with Crippen LogP contribution in [0.25, 0.3) is 0 Å². The number of rotatable bonds is 3. The van der Waals surface area contributed by atoms with Gasteiger partial charge in [-0.2, -0.15) is 0 Å². The Kier molecular flexibility index (Phi) is 3.73. The predicted octanol–water partition coefficient (Wildman–Crippen LogP) is 3.12. The summed E-state index contributed by atoms with van der Waals surface area (Å²) in [6.07, 6.45) is 2.38. The molecule has 1 N–H and O–H groups in total. The smallest absolute Gasteiger partial charge is 0.139 e. The van der Waals surface area contributed by atoms with Crippen molar-refractivity contribution in [3.63, 3.8) is 0 Å². The van der Waals surface area contributed by atoms with E-state index in [1.165, 1.54) is 6.42 Å². The SMILES string of the molecule is Clc1ccc(Cl)c(OC[C@@H]2CCCN2)c1. The van der Waals surface area contributed by atoms with E-state index in [1.807, 2.05) is 0 Å². The van der Waals surface area contributed by atoms with Gasteiger partial charge in [-0.25, -0.2) is 0 Å². The van der Waals surface area contributed by atoms with Gasteiger partial charge in [0.15, 0.2) is 0 Å². The first-order valence-electron chi connectivity index (χ1n) is 5.07. The number of benzene rings is 1. The molecule has 0 saturated carbocycles. The lowest BCUT2D eigenvalue weighted by Gasteiger charge is -2.13. The van der Waals surface area contributed by atoms with E-state index >= 15 is 0 Å². The molecule has 0 spiro atoms. The molecule has 0 amide bonds. The third-order valence-electron chi connectivity index (χ3n) is 2.50. The summed E-state index contributed by atoms with van der Waals surface area (Å²) in [7, 11) is 0. The summed E-state index contributed by atoms with van der Waals surface area (Å²) in [5.41, 5.74) is 0. The Morgan fingerprint density at radius 2 is 2.27 bits per heavy atom. The molecule has 1 aliphatic rings. The van der Waals surface area contributed by atoms with Gasteiger partial charge in [0, 0.05) is 17.1 Å². The summed E-state index contributed by atoms with van der Waals surface area (Å²) < 4.78 is 5.62. The van der Waals surface area contributed by atoms with Gasteiger partial charge in [-0.3, -0.25) is 0 Å². The molecule has 0 unspecified atom stereocenters. The monoisotopic (exact) mass is 245 g/mol. The Morgan fingerprint density at radius 1 is 1.40 bits per heavy atom. The molecule has 1 aliphatic heterocycles. The van der Waals surface area contributed by atoms with Crippen molar-refractivity contribution >= 4 is 23.2 Å². The summed E-state index contributed by atoms with van der Waals surface area (Å²) in [4.78, 5) is 0. The summed E-state index contributed by atoms with van der Waals surface area (Å²) in [6, 6.07) is 5.70. The fourth-order valence-corrected chi connectivity index (χ4v) is 2.01. The van der Waals surface area contributed by atoms with Crippen LogP contribution >= 0.6 is 23.2 Å². The zero-order chi connectivity index (χ0) is 10.7. The summed E-state index contributed by atoms with van der Waals surface area (Å²) >= 11 is 11.8. The Balaban J connectivity index is 1.94. The first kappa shape index (κ1) is 11.1. The van der Waals surface area contributed by atoms with Crippen molar-refractivity contribution in [2.75, 3.05) is 13.2 Å². The Labute approximate surface area is 99.5 Å². The minimum absolute atomic E-state index is 0.444. The van der Waals surface area contributed by atoms with E-state index in [0.717, 1.165) is 13.0 Å². The van der Waals surface area contributed by atoms with Crippen molar-refractivity contribution in [3.8, 4) is 5.75 Å². The van der Waals surface area contributed by atoms with Gasteiger partial charge >= 0.3 is 0 Å². The number of nitrogens with one attached hydrogen (secondary N) is 1. The third kappa shape index (κ3) is 3.00. The zero-order valence-electron chi connectivity index (χ0n) is 8.30. The molecule has 0 aliphatic carbocycles. The second kappa shape index (κ2) is 5.06. The van der Waals surface area contributed by atoms with Gasteiger partial charge in [0.25, 0.3) is 0 Å². The molecule has 82 valence electrons. The highest BCUT2D eigenvalue weighted by molar-refractivity contribution is 6.34. The first-order valence-corrected chi connectivity index (χ1v) is 5.82. The van der Waals surface area contributed by atoms with E-state index in [0.29, 0.717) is 28.4 Å². The quantitative estimate of drug-likeness (QED) is 0.884. The van der Waals surface area contributed by atoms with Gasteiger partial charge in [-0.1, -0.05) is 23.2 Å². The van der Waals surface area contributed by atoms with E-state index in [2.05, 4.69) is 5.32 Å². The van der Waals surface area contributed by atoms with Gasteiger partial charge in [0.1, 0.15) is 12.4 Å². The molecular formula is C11H13Cl2NO. The topological polar surface area (TPSA) is 21.3 Å². The molecule has 0 radical (unpaired) electrons. The molecule has 2 rings (SSSR count). The molecule has 0 bridgehead atoms. The molecular weight excluding hydrogens is 233 g/mol. The number of hydrogen-bond donors (Lipinski definition) is 1. The summed E-state index contributed by atoms with van der Waals surface area (Å²) in [5, 5.41) is 4.62. The molecule has 2 nitrogen and oxygen atoms in total. The number of hydrogen-bond acceptors (Lipinski definition) is 2. The molecule has 0 aromatic heterocycles. The van der Waals surface area contributed by atoms with Crippen molar-refractivity contribution in [2.24, 2.45) is 0 Å². The van der Waals surface area contributed by atoms with E-state index in [1.54, 1.807) is 18.2 Å². The van der Waals surface area contributed by atoms with Crippen molar-refractivity contribution in [1.82, 2.24) is 5.32 Å². The van der Waals surface area contributed by atoms with E-state index < -0.39 is 0 Å². The van der Waals surface area contributed by atoms with Crippen LogP contribution in [0.2, 0.25) is 10.0 Å². The summed E-state index contributed by atoms with van der Waals surface area (Å²) in [6.45, 7) is 1.73. The van der Waals surface area contributed by atoms with Crippen LogP contribution in [0, 0.1) is 0 Å². The summed E-state index contributed by atoms with van der Waals surface area (Å²) in [5.74, 6) is 0.665. The van der Waals surface area contributed by atoms with Gasteiger partial charge in [-0.15, -0.1) is 0 Å². The van der Waals surface area contributed by atoms with Crippen molar-refractivity contribution in [2.45, 2.75) is 18.9 Å². The third-order valence-corrected chi connectivity index (χ3v) is 3.04. The van der Waals surface area contributed by atoms with Crippen LogP contribution in [0.4, 0.5) is 0 Å². The normalized spacial score (nSPS) is 20.5. The molecule has 4 heteroatoms. The van der Waals surface area contributed by atoms with Crippen LogP contribution in [0.1, 0.15) is 12.8 Å². The van der Waals surface area contributed by atoms with Crippen molar-refractivity contribution in [3.05, 3.63) is 28.2 Å². The average Bonchev–Trinajstić information content (AvgIpc) is 2.72. The van der Waals surface area contributed by atoms with Gasteiger partial charge in [0.05, 0.1) is 5.02 Å². The maximum Gasteiger partial charge on any atom is 0.139 e. The Morgan fingerprint density at radius 3 is 3.00 bits per heavy atom. The zero-order valence-corrected chi connectivity index (χ0v) is 9.81. The van der Waals surface area contributed by atoms with Gasteiger partial charge in [0.2, 0.25) is 0 Å². The molecule has 1 aromatic rings. The highest BCUT2D eigenvalue weighted by Crippen LogP contribution is 2.27. The van der Waals surface area contributed by atoms with E-state index in [4.69, 9.17) is 27.9 Å². The minimum Gasteiger partial charge on any atom is -0.490 e. The molecule has 1 aromatic carbocycles. The van der Waals surface area contributed by atoms with Crippen LogP contribution < -0.4 is 10.1 Å². The minimum atomic E-state index is 0.444.